The van der Waals surface area contributed by atoms with Crippen molar-refractivity contribution < 1.29 is 23.9 Å². The van der Waals surface area contributed by atoms with Crippen molar-refractivity contribution >= 4 is 79.2 Å². The average molecular weight is 712 g/mol. The zero-order valence-electron chi connectivity index (χ0n) is 21.9. The van der Waals surface area contributed by atoms with Gasteiger partial charge < -0.3 is 14.8 Å². The van der Waals surface area contributed by atoms with Crippen LogP contribution in [0.5, 0.6) is 11.5 Å². The van der Waals surface area contributed by atoms with Crippen LogP contribution in [0.1, 0.15) is 31.8 Å². The van der Waals surface area contributed by atoms with E-state index in [9.17, 15) is 14.4 Å². The molecule has 0 saturated carbocycles. The van der Waals surface area contributed by atoms with Crippen LogP contribution in [0.15, 0.2) is 105 Å². The van der Waals surface area contributed by atoms with Crippen molar-refractivity contribution in [2.45, 2.75) is 0 Å². The Morgan fingerprint density at radius 1 is 0.905 bits per heavy atom. The fourth-order valence-corrected chi connectivity index (χ4v) is 5.18. The Morgan fingerprint density at radius 2 is 1.69 bits per heavy atom. The van der Waals surface area contributed by atoms with E-state index in [1.54, 1.807) is 48.5 Å². The summed E-state index contributed by atoms with van der Waals surface area (Å²) in [5.41, 5.74) is 4.60. The van der Waals surface area contributed by atoms with Crippen LogP contribution >= 0.6 is 43.5 Å². The molecule has 42 heavy (non-hydrogen) atoms. The van der Waals surface area contributed by atoms with Crippen LogP contribution < -0.4 is 20.2 Å². The molecule has 0 unspecified atom stereocenters. The molecule has 0 spiro atoms. The minimum Gasteiger partial charge on any atom is -0.496 e. The number of carbonyl (C=O) groups excluding carboxylic acids is 3. The molecule has 4 aromatic carbocycles. The summed E-state index contributed by atoms with van der Waals surface area (Å²) >= 11 is 12.8. The Labute approximate surface area is 263 Å². The molecule has 0 fully saturated rings. The van der Waals surface area contributed by atoms with E-state index in [0.29, 0.717) is 31.0 Å². The second kappa shape index (κ2) is 14.6. The summed E-state index contributed by atoms with van der Waals surface area (Å²) < 4.78 is 12.0. The van der Waals surface area contributed by atoms with Gasteiger partial charge in [0.2, 0.25) is 0 Å². The van der Waals surface area contributed by atoms with Crippen LogP contribution in [0, 0.1) is 0 Å². The molecule has 0 aromatic heterocycles. The van der Waals surface area contributed by atoms with E-state index >= 15 is 0 Å². The highest BCUT2D eigenvalue weighted by Crippen LogP contribution is 2.32. The van der Waals surface area contributed by atoms with Crippen LogP contribution in [0.25, 0.3) is 6.08 Å². The summed E-state index contributed by atoms with van der Waals surface area (Å²) in [5.74, 6) is -0.988. The predicted molar refractivity (Wildman–Crippen MR) is 170 cm³/mol. The van der Waals surface area contributed by atoms with E-state index < -0.39 is 17.8 Å². The van der Waals surface area contributed by atoms with E-state index in [4.69, 9.17) is 21.1 Å². The monoisotopic (exact) mass is 709 g/mol. The highest BCUT2D eigenvalue weighted by atomic mass is 79.9. The van der Waals surface area contributed by atoms with Crippen LogP contribution in [-0.4, -0.2) is 31.1 Å². The summed E-state index contributed by atoms with van der Waals surface area (Å²) in [4.78, 5) is 38.1. The Hall–Kier alpha value is -4.25. The van der Waals surface area contributed by atoms with Crippen LogP contribution in [0.2, 0.25) is 5.02 Å². The quantitative estimate of drug-likeness (QED) is 0.0615. The van der Waals surface area contributed by atoms with Gasteiger partial charge in [-0.25, -0.2) is 10.2 Å². The standard InChI is InChI=1S/C31H22Br2ClN3O5/c1-41-27-12-11-23(34)17-25(27)31(40)36-24-9-5-8-20(15-24)30(39)37-35-18-21-14-22(32)16-26(33)29(21)42-28(38)13-10-19-6-3-2-4-7-19/h2-18H,1H3,(H,36,40)(H,37,39)/b13-10+,35-18?. The molecule has 0 radical (unpaired) electrons. The number of rotatable bonds is 9. The van der Waals surface area contributed by atoms with E-state index in [2.05, 4.69) is 47.7 Å². The van der Waals surface area contributed by atoms with Gasteiger partial charge in [-0.2, -0.15) is 5.10 Å². The second-order valence-electron chi connectivity index (χ2n) is 8.55. The van der Waals surface area contributed by atoms with Crippen LogP contribution in [0.4, 0.5) is 5.69 Å². The SMILES string of the molecule is COc1ccc(Cl)cc1C(=O)Nc1cccc(C(=O)NN=Cc2cc(Br)cc(Br)c2OC(=O)/C=C/c2ccccc2)c1. The smallest absolute Gasteiger partial charge is 0.336 e. The van der Waals surface area contributed by atoms with E-state index in [-0.39, 0.29) is 16.9 Å². The summed E-state index contributed by atoms with van der Waals surface area (Å²) in [5, 5.41) is 7.15. The number of ether oxygens (including phenoxy) is 2. The molecule has 2 amide bonds. The molecule has 0 bridgehead atoms. The fourth-order valence-electron chi connectivity index (χ4n) is 3.67. The molecule has 4 rings (SSSR count). The maximum Gasteiger partial charge on any atom is 0.336 e. The molecule has 2 N–H and O–H groups in total. The first kappa shape index (κ1) is 30.7. The normalized spacial score (nSPS) is 11.0. The summed E-state index contributed by atoms with van der Waals surface area (Å²) in [6.07, 6.45) is 4.32. The molecule has 0 saturated heterocycles. The molecule has 8 nitrogen and oxygen atoms in total. The van der Waals surface area contributed by atoms with Crippen molar-refractivity contribution in [1.29, 1.82) is 0 Å². The number of halogens is 3. The number of amides is 2. The lowest BCUT2D eigenvalue weighted by atomic mass is 10.1. The highest BCUT2D eigenvalue weighted by Gasteiger charge is 2.15. The van der Waals surface area contributed by atoms with Gasteiger partial charge in [-0.1, -0.05) is 63.9 Å². The van der Waals surface area contributed by atoms with E-state index in [1.807, 2.05) is 30.3 Å². The maximum atomic E-state index is 12.8. The molecule has 0 atom stereocenters. The lowest BCUT2D eigenvalue weighted by Gasteiger charge is -2.11. The fraction of sp³-hybridized carbons (Fsp3) is 0.0323. The highest BCUT2D eigenvalue weighted by molar-refractivity contribution is 9.11. The Balaban J connectivity index is 1.44. The Kier molecular flexibility index (Phi) is 10.7. The number of anilines is 1. The van der Waals surface area contributed by atoms with Crippen molar-refractivity contribution in [3.8, 4) is 11.5 Å². The van der Waals surface area contributed by atoms with Gasteiger partial charge in [-0.15, -0.1) is 0 Å². The molecule has 212 valence electrons. The van der Waals surface area contributed by atoms with E-state index in [1.165, 1.54) is 31.5 Å². The van der Waals surface area contributed by atoms with Crippen molar-refractivity contribution in [3.63, 3.8) is 0 Å². The van der Waals surface area contributed by atoms with Crippen molar-refractivity contribution in [3.05, 3.63) is 127 Å². The lowest BCUT2D eigenvalue weighted by molar-refractivity contribution is -0.128. The largest absolute Gasteiger partial charge is 0.496 e. The third kappa shape index (κ3) is 8.39. The number of hydrazone groups is 1. The van der Waals surface area contributed by atoms with Gasteiger partial charge in [0.1, 0.15) is 5.75 Å². The van der Waals surface area contributed by atoms with Gasteiger partial charge >= 0.3 is 5.97 Å². The van der Waals surface area contributed by atoms with Crippen LogP contribution in [0.3, 0.4) is 0 Å². The minimum absolute atomic E-state index is 0.222. The number of hydrogen-bond acceptors (Lipinski definition) is 6. The first-order valence-electron chi connectivity index (χ1n) is 12.3. The molecule has 0 heterocycles. The molecule has 11 heteroatoms. The Bertz CT molecular complexity index is 1690. The van der Waals surface area contributed by atoms with Crippen molar-refractivity contribution in [2.24, 2.45) is 5.10 Å². The zero-order chi connectivity index (χ0) is 30.1. The first-order chi connectivity index (χ1) is 20.2. The van der Waals surface area contributed by atoms with Crippen LogP contribution in [-0.2, 0) is 4.79 Å². The number of carbonyl (C=O) groups is 3. The average Bonchev–Trinajstić information content (AvgIpc) is 2.98. The van der Waals surface area contributed by atoms with Crippen molar-refractivity contribution in [1.82, 2.24) is 5.43 Å². The lowest BCUT2D eigenvalue weighted by Crippen LogP contribution is -2.18. The number of benzene rings is 4. The molecule has 0 aliphatic heterocycles. The Morgan fingerprint density at radius 3 is 2.45 bits per heavy atom. The van der Waals surface area contributed by atoms with Crippen molar-refractivity contribution in [2.75, 3.05) is 12.4 Å². The van der Waals surface area contributed by atoms with Gasteiger partial charge in [0.25, 0.3) is 11.8 Å². The minimum atomic E-state index is -0.588. The number of methoxy groups -OCH3 is 1. The summed E-state index contributed by atoms with van der Waals surface area (Å²) in [7, 11) is 1.45. The van der Waals surface area contributed by atoms with Gasteiger partial charge in [-0.05, 0) is 76.1 Å². The molecular formula is C31H22Br2ClN3O5. The number of nitrogens with one attached hydrogen (secondary N) is 2. The summed E-state index contributed by atoms with van der Waals surface area (Å²) in [6, 6.07) is 23.8. The summed E-state index contributed by atoms with van der Waals surface area (Å²) in [6.45, 7) is 0. The number of esters is 1. The van der Waals surface area contributed by atoms with Gasteiger partial charge in [0, 0.05) is 32.4 Å². The zero-order valence-corrected chi connectivity index (χ0v) is 25.9. The second-order valence-corrected chi connectivity index (χ2v) is 10.8. The third-order valence-electron chi connectivity index (χ3n) is 5.61. The molecule has 0 aliphatic rings. The van der Waals surface area contributed by atoms with Gasteiger partial charge in [-0.3, -0.25) is 9.59 Å². The number of nitrogens with zero attached hydrogens (tertiary/aromatic N) is 1. The number of hydrogen-bond donors (Lipinski definition) is 2. The molecule has 4 aromatic rings. The predicted octanol–water partition coefficient (Wildman–Crippen LogP) is 7.51. The first-order valence-corrected chi connectivity index (χ1v) is 14.2. The molecule has 0 aliphatic carbocycles. The molecular weight excluding hydrogens is 690 g/mol. The third-order valence-corrected chi connectivity index (χ3v) is 6.89. The van der Waals surface area contributed by atoms with Gasteiger partial charge in [0.15, 0.2) is 5.75 Å². The van der Waals surface area contributed by atoms with Gasteiger partial charge in [0.05, 0.1) is 23.4 Å². The topological polar surface area (TPSA) is 106 Å². The maximum absolute atomic E-state index is 12.8. The van der Waals surface area contributed by atoms with E-state index in [0.717, 1.165) is 5.56 Å².